The molecule has 0 atom stereocenters. The van der Waals surface area contributed by atoms with E-state index in [1.54, 1.807) is 42.5 Å². The van der Waals surface area contributed by atoms with Crippen molar-refractivity contribution in [2.75, 3.05) is 4.90 Å². The molecule has 0 unspecified atom stereocenters. The Bertz CT molecular complexity index is 4120. The number of nitrogens with zero attached hydrogens (tertiary/aromatic N) is 1. The van der Waals surface area contributed by atoms with Gasteiger partial charge in [0.05, 0.1) is 28.8 Å². The van der Waals surface area contributed by atoms with Crippen LogP contribution >= 0.6 is 0 Å². The minimum absolute atomic E-state index is 0.187. The van der Waals surface area contributed by atoms with Gasteiger partial charge in [-0.1, -0.05) is 200 Å². The van der Waals surface area contributed by atoms with Crippen molar-refractivity contribution < 1.29 is 28.8 Å². The van der Waals surface area contributed by atoms with E-state index in [0.29, 0.717) is 16.0 Å². The van der Waals surface area contributed by atoms with Gasteiger partial charge in [-0.3, -0.25) is 0 Å². The predicted octanol–water partition coefficient (Wildman–Crippen LogP) is 16.3. The highest BCUT2D eigenvalue weighted by Crippen LogP contribution is 2.39. The van der Waals surface area contributed by atoms with Crippen molar-refractivity contribution in [1.29, 1.82) is 0 Å². The second-order valence-electron chi connectivity index (χ2n) is 13.3. The van der Waals surface area contributed by atoms with Gasteiger partial charge in [-0.15, -0.1) is 0 Å². The highest BCUT2D eigenvalue weighted by molar-refractivity contribution is 5.97. The van der Waals surface area contributed by atoms with Gasteiger partial charge in [0.1, 0.15) is 0 Å². The monoisotopic (exact) mass is 772 g/mol. The third kappa shape index (κ3) is 7.46. The van der Waals surface area contributed by atoms with Crippen LogP contribution in [-0.4, -0.2) is 0 Å². The zero-order valence-electron chi connectivity index (χ0n) is 52.0. The van der Waals surface area contributed by atoms with E-state index >= 15 is 0 Å². The van der Waals surface area contributed by atoms with Gasteiger partial charge in [-0.05, 0) is 126 Å². The molecule has 0 amide bonds. The van der Waals surface area contributed by atoms with E-state index in [-0.39, 0.29) is 22.3 Å². The molecule has 10 aromatic rings. The zero-order chi connectivity index (χ0) is 57.7. The van der Waals surface area contributed by atoms with E-state index in [1.807, 2.05) is 78.9 Å². The standard InChI is InChI=1S/C58H41N/c1-3-12-42(13-4-1)44-24-26-45(27-25-44)46-28-34-54(35-29-46)59(55-36-30-47(31-37-55)51-19-9-18-50(40-51)43-14-5-2-6-15-43)56-38-32-48(33-39-56)52-20-10-21-53(41-52)58-23-11-17-49-16-7-8-22-57(49)58/h1-41H/i1D,3D,4D,12D,13D,24D,25D,26D,27D,28D,29D,30D,31D,32D,33D,34D,35D,36D,37D,38D,39D. The van der Waals surface area contributed by atoms with E-state index in [9.17, 15) is 16.4 Å². The molecule has 0 N–H and O–H groups in total. The highest BCUT2D eigenvalue weighted by atomic mass is 15.1. The molecular weight excluding hydrogens is 711 g/mol. The molecular formula is C58H41N. The Balaban J connectivity index is 1.24. The number of benzene rings is 10. The van der Waals surface area contributed by atoms with Gasteiger partial charge in [-0.25, -0.2) is 0 Å². The topological polar surface area (TPSA) is 3.24 Å². The van der Waals surface area contributed by atoms with Crippen molar-refractivity contribution in [2.45, 2.75) is 0 Å². The first kappa shape index (κ1) is 19.6. The van der Waals surface area contributed by atoms with Crippen LogP contribution in [0.25, 0.3) is 77.5 Å². The van der Waals surface area contributed by atoms with Crippen molar-refractivity contribution >= 4 is 27.8 Å². The summed E-state index contributed by atoms with van der Waals surface area (Å²) in [6, 6.07) is 17.8. The highest BCUT2D eigenvalue weighted by Gasteiger charge is 2.15. The molecule has 0 heterocycles. The van der Waals surface area contributed by atoms with Gasteiger partial charge in [-0.2, -0.15) is 0 Å². The van der Waals surface area contributed by atoms with E-state index in [4.69, 9.17) is 12.3 Å². The van der Waals surface area contributed by atoms with Crippen LogP contribution in [0, 0.1) is 0 Å². The maximum Gasteiger partial charge on any atom is 0.0645 e. The lowest BCUT2D eigenvalue weighted by molar-refractivity contribution is 1.28. The zero-order valence-corrected chi connectivity index (χ0v) is 31.0. The Morgan fingerprint density at radius 2 is 0.644 bits per heavy atom. The molecule has 0 spiro atoms. The molecule has 59 heavy (non-hydrogen) atoms. The van der Waals surface area contributed by atoms with Crippen LogP contribution in [0.4, 0.5) is 17.1 Å². The van der Waals surface area contributed by atoms with Crippen LogP contribution < -0.4 is 4.90 Å². The molecule has 1 nitrogen and oxygen atoms in total. The molecule has 0 radical (unpaired) electrons. The van der Waals surface area contributed by atoms with Crippen LogP contribution in [0.1, 0.15) is 28.8 Å². The van der Waals surface area contributed by atoms with Crippen LogP contribution in [0.15, 0.2) is 248 Å². The van der Waals surface area contributed by atoms with Crippen LogP contribution in [0.2, 0.25) is 0 Å². The summed E-state index contributed by atoms with van der Waals surface area (Å²) in [5, 5.41) is 1.85. The number of fused-ring (bicyclic) bond motifs is 1. The van der Waals surface area contributed by atoms with Crippen LogP contribution in [0.5, 0.6) is 0 Å². The summed E-state index contributed by atoms with van der Waals surface area (Å²) in [6.07, 6.45) is 0. The molecule has 278 valence electrons. The quantitative estimate of drug-likeness (QED) is 0.141. The number of anilines is 3. The molecule has 1 heteroatoms. The number of hydrogen-bond acceptors (Lipinski definition) is 1. The number of hydrogen-bond donors (Lipinski definition) is 0. The molecule has 0 fully saturated rings. The minimum atomic E-state index is -1.08. The summed E-state index contributed by atoms with van der Waals surface area (Å²) in [5.41, 5.74) is -2.40. The van der Waals surface area contributed by atoms with Gasteiger partial charge in [0.15, 0.2) is 0 Å². The van der Waals surface area contributed by atoms with Gasteiger partial charge in [0, 0.05) is 17.1 Å². The largest absolute Gasteiger partial charge is 0.311 e. The second kappa shape index (κ2) is 16.0. The average Bonchev–Trinajstić information content (AvgIpc) is 3.66. The predicted molar refractivity (Wildman–Crippen MR) is 251 cm³/mol. The van der Waals surface area contributed by atoms with E-state index in [1.165, 1.54) is 0 Å². The van der Waals surface area contributed by atoms with Crippen molar-refractivity contribution in [3.8, 4) is 66.8 Å². The van der Waals surface area contributed by atoms with Crippen molar-refractivity contribution in [1.82, 2.24) is 0 Å². The summed E-state index contributed by atoms with van der Waals surface area (Å²) in [6.45, 7) is 0. The Hall–Kier alpha value is -7.74. The van der Waals surface area contributed by atoms with Crippen molar-refractivity contribution in [3.63, 3.8) is 0 Å². The van der Waals surface area contributed by atoms with Gasteiger partial charge < -0.3 is 4.90 Å². The molecule has 0 saturated heterocycles. The van der Waals surface area contributed by atoms with Crippen molar-refractivity contribution in [3.05, 3.63) is 248 Å². The van der Waals surface area contributed by atoms with Gasteiger partial charge in [0.25, 0.3) is 0 Å². The summed E-state index contributed by atoms with van der Waals surface area (Å²) >= 11 is 0. The molecule has 0 aromatic heterocycles. The van der Waals surface area contributed by atoms with Crippen molar-refractivity contribution in [2.24, 2.45) is 0 Å². The summed E-state index contributed by atoms with van der Waals surface area (Å²) in [4.78, 5) is 0.628. The molecule has 0 aliphatic carbocycles. The molecule has 0 aliphatic heterocycles. The first-order chi connectivity index (χ1) is 38.0. The van der Waals surface area contributed by atoms with Crippen LogP contribution in [0.3, 0.4) is 0 Å². The van der Waals surface area contributed by atoms with E-state index in [0.717, 1.165) is 21.9 Å². The smallest absolute Gasteiger partial charge is 0.0645 e. The Morgan fingerprint density at radius 1 is 0.271 bits per heavy atom. The molecule has 0 saturated carbocycles. The first-order valence-electron chi connectivity index (χ1n) is 29.0. The molecule has 10 aromatic carbocycles. The summed E-state index contributed by atoms with van der Waals surface area (Å²) in [5.74, 6) is 0. The molecule has 10 rings (SSSR count). The normalized spacial score (nSPS) is 16.0. The van der Waals surface area contributed by atoms with E-state index in [2.05, 4.69) is 0 Å². The maximum atomic E-state index is 9.68. The summed E-state index contributed by atoms with van der Waals surface area (Å²) < 4.78 is 192. The molecule has 0 aliphatic rings. The van der Waals surface area contributed by atoms with Crippen LogP contribution in [-0.2, 0) is 0 Å². The first-order valence-corrected chi connectivity index (χ1v) is 18.5. The van der Waals surface area contributed by atoms with E-state index < -0.39 is 166 Å². The Morgan fingerprint density at radius 3 is 1.20 bits per heavy atom. The maximum absolute atomic E-state index is 9.68. The summed E-state index contributed by atoms with van der Waals surface area (Å²) in [7, 11) is 0. The lowest BCUT2D eigenvalue weighted by atomic mass is 9.95. The fourth-order valence-electron chi connectivity index (χ4n) is 6.74. The average molecular weight is 773 g/mol. The lowest BCUT2D eigenvalue weighted by Crippen LogP contribution is -2.09. The fourth-order valence-corrected chi connectivity index (χ4v) is 6.74. The Kier molecular flexibility index (Phi) is 5.32. The molecule has 0 bridgehead atoms. The third-order valence-electron chi connectivity index (χ3n) is 9.64. The lowest BCUT2D eigenvalue weighted by Gasteiger charge is -2.26. The number of rotatable bonds is 9. The SMILES string of the molecule is [2H]c1c([2H])c([2H])c(-c2c([2H])c([2H])c(-c3c([2H])c([2H])c(N(c4c([2H])c([2H])c(-c5cccc(-c6ccccc6)c5)c([2H])c4[2H])c4c([2H])c([2H])c(-c5cccc(-c6cccc7ccccc67)c5)c([2H])c4[2H])c([2H])c3[2H])c([2H])c2[2H])c([2H])c1[2H]. The van der Waals surface area contributed by atoms with Gasteiger partial charge >= 0.3 is 0 Å². The van der Waals surface area contributed by atoms with Gasteiger partial charge in [0.2, 0.25) is 0 Å². The third-order valence-corrected chi connectivity index (χ3v) is 9.64. The second-order valence-corrected chi connectivity index (χ2v) is 13.3. The minimum Gasteiger partial charge on any atom is -0.311 e. The Labute approximate surface area is 376 Å². The fraction of sp³-hybridized carbons (Fsp3) is 0.